The zero-order chi connectivity index (χ0) is 28.3. The molecule has 3 aromatic heterocycles. The molecule has 0 bridgehead atoms. The summed E-state index contributed by atoms with van der Waals surface area (Å²) in [6.07, 6.45) is -0.205. The van der Waals surface area contributed by atoms with Gasteiger partial charge in [0.1, 0.15) is 17.3 Å². The second-order valence-electron chi connectivity index (χ2n) is 9.71. The number of aromatic nitrogens is 5. The van der Waals surface area contributed by atoms with Gasteiger partial charge >= 0.3 is 6.18 Å². The molecule has 1 aliphatic rings. The molecule has 0 radical (unpaired) electrons. The number of hydrogen-bond acceptors (Lipinski definition) is 9. The Hall–Kier alpha value is -4.02. The van der Waals surface area contributed by atoms with Crippen LogP contribution in [-0.4, -0.2) is 56.1 Å². The van der Waals surface area contributed by atoms with Crippen molar-refractivity contribution in [2.24, 2.45) is 13.0 Å². The van der Waals surface area contributed by atoms with Gasteiger partial charge < -0.3 is 13.7 Å². The van der Waals surface area contributed by atoms with Crippen molar-refractivity contribution in [3.63, 3.8) is 0 Å². The van der Waals surface area contributed by atoms with Gasteiger partial charge in [-0.3, -0.25) is 4.84 Å². The van der Waals surface area contributed by atoms with Gasteiger partial charge in [0.2, 0.25) is 11.8 Å². The van der Waals surface area contributed by atoms with Crippen molar-refractivity contribution in [3.05, 3.63) is 53.6 Å². The third-order valence-electron chi connectivity index (χ3n) is 6.91. The van der Waals surface area contributed by atoms with E-state index in [0.717, 1.165) is 32.0 Å². The second kappa shape index (κ2) is 11.6. The number of ether oxygens (including phenoxy) is 1. The maximum absolute atomic E-state index is 14.0. The highest BCUT2D eigenvalue weighted by Gasteiger charge is 2.35. The Balaban J connectivity index is 1.18. The number of nitriles is 1. The smallest absolute Gasteiger partial charge is 0.419 e. The van der Waals surface area contributed by atoms with Crippen LogP contribution in [0.1, 0.15) is 42.3 Å². The van der Waals surface area contributed by atoms with E-state index in [-0.39, 0.29) is 29.3 Å². The Kier molecular flexibility index (Phi) is 7.99. The fourth-order valence-corrected chi connectivity index (χ4v) is 4.75. The molecule has 0 amide bonds. The first-order valence-electron chi connectivity index (χ1n) is 12.9. The molecular formula is C27H28F3N7O3. The van der Waals surface area contributed by atoms with Gasteiger partial charge in [0, 0.05) is 32.6 Å². The summed E-state index contributed by atoms with van der Waals surface area (Å²) in [5.74, 6) is 1.15. The van der Waals surface area contributed by atoms with Gasteiger partial charge in [0.15, 0.2) is 5.69 Å². The largest absolute Gasteiger partial charge is 0.493 e. The van der Waals surface area contributed by atoms with E-state index in [1.807, 2.05) is 11.1 Å². The summed E-state index contributed by atoms with van der Waals surface area (Å²) in [6, 6.07) is 7.47. The highest BCUT2D eigenvalue weighted by Crippen LogP contribution is 2.39. The number of piperidine rings is 1. The molecule has 10 nitrogen and oxygen atoms in total. The molecule has 1 saturated heterocycles. The molecule has 4 heterocycles. The minimum Gasteiger partial charge on any atom is -0.493 e. The van der Waals surface area contributed by atoms with Gasteiger partial charge in [-0.25, -0.2) is 9.97 Å². The number of halogens is 3. The topological polar surface area (TPSA) is 115 Å². The molecule has 0 atom stereocenters. The Morgan fingerprint density at radius 1 is 1.15 bits per heavy atom. The first kappa shape index (κ1) is 27.5. The van der Waals surface area contributed by atoms with Crippen molar-refractivity contribution in [2.75, 3.05) is 26.3 Å². The van der Waals surface area contributed by atoms with Crippen LogP contribution in [-0.2, 0) is 24.5 Å². The number of imidazole rings is 1. The van der Waals surface area contributed by atoms with Crippen LogP contribution in [0.15, 0.2) is 35.0 Å². The van der Waals surface area contributed by atoms with Crippen molar-refractivity contribution in [3.8, 4) is 23.1 Å². The van der Waals surface area contributed by atoms with E-state index in [4.69, 9.17) is 14.0 Å². The van der Waals surface area contributed by atoms with Crippen LogP contribution in [0.3, 0.4) is 0 Å². The lowest BCUT2D eigenvalue weighted by Crippen LogP contribution is -2.34. The number of fused-ring (bicyclic) bond motifs is 1. The van der Waals surface area contributed by atoms with Gasteiger partial charge in [-0.1, -0.05) is 0 Å². The zero-order valence-electron chi connectivity index (χ0n) is 22.1. The normalized spacial score (nSPS) is 15.0. The number of aryl methyl sites for hydroxylation is 2. The zero-order valence-corrected chi connectivity index (χ0v) is 22.1. The maximum atomic E-state index is 14.0. The van der Waals surface area contributed by atoms with Gasteiger partial charge in [-0.15, -0.1) is 10.2 Å². The molecule has 0 saturated carbocycles. The predicted molar refractivity (Wildman–Crippen MR) is 137 cm³/mol. The number of alkyl halides is 3. The quantitative estimate of drug-likeness (QED) is 0.285. The lowest BCUT2D eigenvalue weighted by molar-refractivity contribution is -0.174. The number of pyridine rings is 1. The van der Waals surface area contributed by atoms with Crippen LogP contribution in [0, 0.1) is 24.2 Å². The number of nitrogens with zero attached hydrogens (tertiary/aromatic N) is 7. The number of benzene rings is 1. The van der Waals surface area contributed by atoms with Crippen LogP contribution in [0.2, 0.25) is 0 Å². The van der Waals surface area contributed by atoms with Crippen molar-refractivity contribution in [1.29, 1.82) is 5.26 Å². The molecule has 13 heteroatoms. The number of hydroxylamine groups is 2. The molecule has 0 spiro atoms. The van der Waals surface area contributed by atoms with Crippen LogP contribution in [0.4, 0.5) is 13.2 Å². The fourth-order valence-electron chi connectivity index (χ4n) is 4.75. The lowest BCUT2D eigenvalue weighted by atomic mass is 9.95. The standard InChI is InChI=1S/C27H28F3N7O3/c1-17-34-35-25(40-17)8-12-39-37-9-5-18(6-10-37)7-11-38-24-4-3-19(13-20(24)27(28,29)30)21-14-23-26(22(15-31)33-21)32-16-36(23)2/h3-4,13-14,16,18H,5-12H2,1-2H3. The minimum absolute atomic E-state index is 0.0559. The lowest BCUT2D eigenvalue weighted by Gasteiger charge is -2.31. The molecular weight excluding hydrogens is 527 g/mol. The molecule has 1 aromatic carbocycles. The molecule has 5 rings (SSSR count). The molecule has 40 heavy (non-hydrogen) atoms. The van der Waals surface area contributed by atoms with Crippen LogP contribution < -0.4 is 4.74 Å². The third kappa shape index (κ3) is 6.24. The molecule has 1 fully saturated rings. The molecule has 0 unspecified atom stereocenters. The van der Waals surface area contributed by atoms with Gasteiger partial charge in [-0.05, 0) is 49.4 Å². The van der Waals surface area contributed by atoms with Gasteiger partial charge in [0.25, 0.3) is 0 Å². The van der Waals surface area contributed by atoms with E-state index in [1.165, 1.54) is 18.5 Å². The van der Waals surface area contributed by atoms with E-state index in [1.54, 1.807) is 24.6 Å². The first-order valence-corrected chi connectivity index (χ1v) is 12.9. The molecule has 4 aromatic rings. The first-order chi connectivity index (χ1) is 19.2. The van der Waals surface area contributed by atoms with E-state index >= 15 is 0 Å². The predicted octanol–water partition coefficient (Wildman–Crippen LogP) is 4.87. The summed E-state index contributed by atoms with van der Waals surface area (Å²) in [7, 11) is 1.74. The Bertz CT molecular complexity index is 1520. The Morgan fingerprint density at radius 2 is 1.95 bits per heavy atom. The van der Waals surface area contributed by atoms with E-state index in [9.17, 15) is 18.4 Å². The minimum atomic E-state index is -4.62. The highest BCUT2D eigenvalue weighted by molar-refractivity contribution is 5.84. The van der Waals surface area contributed by atoms with Crippen LogP contribution >= 0.6 is 0 Å². The Labute approximate surface area is 228 Å². The highest BCUT2D eigenvalue weighted by atomic mass is 19.4. The third-order valence-corrected chi connectivity index (χ3v) is 6.91. The Morgan fingerprint density at radius 3 is 2.65 bits per heavy atom. The van der Waals surface area contributed by atoms with E-state index < -0.39 is 11.7 Å². The summed E-state index contributed by atoms with van der Waals surface area (Å²) in [5.41, 5.74) is 0.678. The number of hydrogen-bond donors (Lipinski definition) is 0. The van der Waals surface area contributed by atoms with Crippen LogP contribution in [0.25, 0.3) is 22.3 Å². The maximum Gasteiger partial charge on any atom is 0.419 e. The SMILES string of the molecule is Cc1nnc(CCON2CCC(CCOc3ccc(-c4cc5c(ncn5C)c(C#N)n4)cc3C(F)(F)F)CC2)o1. The summed E-state index contributed by atoms with van der Waals surface area (Å²) < 4.78 is 54.7. The molecule has 210 valence electrons. The molecule has 0 N–H and O–H groups in total. The van der Waals surface area contributed by atoms with E-state index in [2.05, 4.69) is 20.2 Å². The summed E-state index contributed by atoms with van der Waals surface area (Å²) in [5, 5.41) is 19.1. The van der Waals surface area contributed by atoms with E-state index in [0.29, 0.717) is 48.2 Å². The van der Waals surface area contributed by atoms with Crippen molar-refractivity contribution in [2.45, 2.75) is 38.8 Å². The summed E-state index contributed by atoms with van der Waals surface area (Å²) in [6.45, 7) is 3.80. The second-order valence-corrected chi connectivity index (χ2v) is 9.71. The molecule has 0 aliphatic carbocycles. The van der Waals surface area contributed by atoms with Crippen molar-refractivity contribution >= 4 is 11.0 Å². The van der Waals surface area contributed by atoms with Crippen molar-refractivity contribution < 1.29 is 27.2 Å². The summed E-state index contributed by atoms with van der Waals surface area (Å²) in [4.78, 5) is 14.2. The van der Waals surface area contributed by atoms with Gasteiger partial charge in [0.05, 0.1) is 42.7 Å². The molecule has 1 aliphatic heterocycles. The van der Waals surface area contributed by atoms with Gasteiger partial charge in [-0.2, -0.15) is 23.5 Å². The van der Waals surface area contributed by atoms with Crippen molar-refractivity contribution in [1.82, 2.24) is 29.8 Å². The average molecular weight is 556 g/mol. The summed E-state index contributed by atoms with van der Waals surface area (Å²) >= 11 is 0. The average Bonchev–Trinajstić information content (AvgIpc) is 3.53. The fraction of sp³-hybridized carbons (Fsp3) is 0.444. The number of rotatable bonds is 9. The van der Waals surface area contributed by atoms with Crippen LogP contribution in [0.5, 0.6) is 5.75 Å². The monoisotopic (exact) mass is 555 g/mol.